The maximum atomic E-state index is 14.2. The molecule has 0 heterocycles. The van der Waals surface area contributed by atoms with Gasteiger partial charge in [0.05, 0.1) is 30.4 Å². The van der Waals surface area contributed by atoms with Crippen molar-refractivity contribution >= 4 is 23.3 Å². The topological polar surface area (TPSA) is 156 Å². The smallest absolute Gasteiger partial charge is 0.246 e. The number of nitrogens with one attached hydrogen (secondary N) is 1. The minimum absolute atomic E-state index is 0.0924. The van der Waals surface area contributed by atoms with Crippen LogP contribution in [0.2, 0.25) is 0 Å². The Morgan fingerprint density at radius 1 is 0.814 bits per heavy atom. The van der Waals surface area contributed by atoms with E-state index in [9.17, 15) is 29.7 Å². The molecule has 0 saturated carbocycles. The van der Waals surface area contributed by atoms with E-state index in [1.54, 1.807) is 48.0 Å². The second-order valence-corrected chi connectivity index (χ2v) is 12.6. The van der Waals surface area contributed by atoms with Gasteiger partial charge in [0.2, 0.25) is 11.8 Å². The lowest BCUT2D eigenvalue weighted by Gasteiger charge is -2.39. The number of ketones is 1. The number of likely N-dealkylation sites (N-methyl/N-ethyl adjacent to an activating group) is 3. The van der Waals surface area contributed by atoms with Gasteiger partial charge in [-0.3, -0.25) is 14.4 Å². The number of aliphatic hydroxyl groups is 3. The van der Waals surface area contributed by atoms with E-state index in [1.165, 1.54) is 9.80 Å². The average Bonchev–Trinajstić information content (AvgIpc) is 2.91. The van der Waals surface area contributed by atoms with Crippen LogP contribution in [0.5, 0.6) is 0 Å². The van der Waals surface area contributed by atoms with E-state index in [-0.39, 0.29) is 35.9 Å². The standard InChI is InChI=1S/C33H58N4O6/c1-21(13-10-17-28(40)20-26-15-11-16-27(34)19-26)30(29(41)18-24(4)39)36(7)33(43)31(22(2)12-9-14-23(3)38)37(8)32(42)25(5)35-6/h11,15-16,19,21-25,28,30-31,35,38-40H,9-10,12-14,17-18,20,34H2,1-8H3/t21-,22-,23?,24?,25-,28?,30-,31-/m0/s1. The third-order valence-electron chi connectivity index (χ3n) is 8.39. The number of carbonyl (C=O) groups is 3. The fourth-order valence-corrected chi connectivity index (χ4v) is 5.85. The van der Waals surface area contributed by atoms with Crippen LogP contribution in [-0.4, -0.2) is 100 Å². The Bertz CT molecular complexity index is 1000. The minimum Gasteiger partial charge on any atom is -0.399 e. The molecule has 1 rings (SSSR count). The molecule has 0 spiro atoms. The summed E-state index contributed by atoms with van der Waals surface area (Å²) in [6, 6.07) is 5.32. The van der Waals surface area contributed by atoms with Crippen molar-refractivity contribution in [1.82, 2.24) is 15.1 Å². The highest BCUT2D eigenvalue weighted by atomic mass is 16.3. The molecule has 0 aliphatic rings. The highest BCUT2D eigenvalue weighted by Crippen LogP contribution is 2.26. The number of nitrogens with zero attached hydrogens (tertiary/aromatic N) is 2. The highest BCUT2D eigenvalue weighted by Gasteiger charge is 2.40. The lowest BCUT2D eigenvalue weighted by molar-refractivity contribution is -0.151. The Morgan fingerprint density at radius 2 is 1.37 bits per heavy atom. The van der Waals surface area contributed by atoms with E-state index in [0.29, 0.717) is 50.6 Å². The van der Waals surface area contributed by atoms with Crippen molar-refractivity contribution in [2.45, 2.75) is 122 Å². The van der Waals surface area contributed by atoms with Crippen molar-refractivity contribution in [2.24, 2.45) is 11.8 Å². The van der Waals surface area contributed by atoms with Gasteiger partial charge in [-0.05, 0) is 89.5 Å². The number of Topliss-reactive ketones (excluding diaryl/α,β-unsaturated/α-hetero) is 1. The van der Waals surface area contributed by atoms with Crippen molar-refractivity contribution in [1.29, 1.82) is 0 Å². The SMILES string of the molecule is CN[C@@H](C)C(=O)N(C)[C@H](C(=O)N(C)[C@H](C(=O)CC(C)O)[C@@H](C)CCCC(O)Cc1cccc(N)c1)[C@@H](C)CCCC(C)O. The number of anilines is 1. The van der Waals surface area contributed by atoms with Gasteiger partial charge >= 0.3 is 0 Å². The molecule has 8 atom stereocenters. The van der Waals surface area contributed by atoms with E-state index in [0.717, 1.165) is 5.56 Å². The van der Waals surface area contributed by atoms with Crippen molar-refractivity contribution in [3.05, 3.63) is 29.8 Å². The summed E-state index contributed by atoms with van der Waals surface area (Å²) in [6.07, 6.45) is 2.14. The number of hydrogen-bond acceptors (Lipinski definition) is 8. The van der Waals surface area contributed by atoms with Crippen LogP contribution in [0.1, 0.15) is 85.1 Å². The zero-order chi connectivity index (χ0) is 32.9. The van der Waals surface area contributed by atoms with Gasteiger partial charge in [-0.15, -0.1) is 0 Å². The predicted molar refractivity (Wildman–Crippen MR) is 171 cm³/mol. The van der Waals surface area contributed by atoms with Crippen LogP contribution in [0.4, 0.5) is 5.69 Å². The van der Waals surface area contributed by atoms with Crippen molar-refractivity contribution < 1.29 is 29.7 Å². The van der Waals surface area contributed by atoms with Crippen LogP contribution in [0.15, 0.2) is 24.3 Å². The van der Waals surface area contributed by atoms with Gasteiger partial charge in [-0.25, -0.2) is 0 Å². The van der Waals surface area contributed by atoms with Crippen molar-refractivity contribution in [2.75, 3.05) is 26.9 Å². The van der Waals surface area contributed by atoms with Gasteiger partial charge in [0, 0.05) is 26.2 Å². The van der Waals surface area contributed by atoms with Gasteiger partial charge in [0.15, 0.2) is 5.78 Å². The molecule has 3 unspecified atom stereocenters. The summed E-state index contributed by atoms with van der Waals surface area (Å²) in [6.45, 7) is 8.84. The molecule has 6 N–H and O–H groups in total. The molecule has 246 valence electrons. The number of nitrogen functional groups attached to an aromatic ring is 1. The molecule has 0 aliphatic carbocycles. The number of rotatable bonds is 20. The summed E-state index contributed by atoms with van der Waals surface area (Å²) in [5.41, 5.74) is 7.46. The van der Waals surface area contributed by atoms with Crippen molar-refractivity contribution in [3.63, 3.8) is 0 Å². The molecular formula is C33H58N4O6. The number of amides is 2. The molecule has 0 radical (unpaired) electrons. The molecule has 0 bridgehead atoms. The molecule has 10 heteroatoms. The number of carbonyl (C=O) groups excluding carboxylic acids is 3. The summed E-state index contributed by atoms with van der Waals surface area (Å²) in [5.74, 6) is -1.27. The summed E-state index contributed by atoms with van der Waals surface area (Å²) < 4.78 is 0. The van der Waals surface area contributed by atoms with E-state index in [1.807, 2.05) is 32.0 Å². The van der Waals surface area contributed by atoms with E-state index in [4.69, 9.17) is 5.73 Å². The van der Waals surface area contributed by atoms with Crippen molar-refractivity contribution in [3.8, 4) is 0 Å². The number of hydrogen-bond donors (Lipinski definition) is 5. The zero-order valence-electron chi connectivity index (χ0n) is 27.6. The number of nitrogens with two attached hydrogens (primary N) is 1. The molecular weight excluding hydrogens is 548 g/mol. The first-order valence-electron chi connectivity index (χ1n) is 15.7. The van der Waals surface area contributed by atoms with Crippen LogP contribution in [0.3, 0.4) is 0 Å². The van der Waals surface area contributed by atoms with Gasteiger partial charge < -0.3 is 36.2 Å². The Kier molecular flexibility index (Phi) is 17.0. The maximum Gasteiger partial charge on any atom is 0.246 e. The van der Waals surface area contributed by atoms with Crippen LogP contribution in [-0.2, 0) is 20.8 Å². The Hall–Kier alpha value is -2.53. The summed E-state index contributed by atoms with van der Waals surface area (Å²) in [7, 11) is 4.91. The Balaban J connectivity index is 3.15. The fourth-order valence-electron chi connectivity index (χ4n) is 5.85. The molecule has 1 aromatic rings. The minimum atomic E-state index is -0.859. The third kappa shape index (κ3) is 12.9. The maximum absolute atomic E-state index is 14.2. The molecule has 0 aliphatic heterocycles. The quantitative estimate of drug-likeness (QED) is 0.142. The first kappa shape index (κ1) is 38.5. The van der Waals surface area contributed by atoms with Gasteiger partial charge in [0.1, 0.15) is 6.04 Å². The average molecular weight is 607 g/mol. The lowest BCUT2D eigenvalue weighted by atomic mass is 9.87. The summed E-state index contributed by atoms with van der Waals surface area (Å²) >= 11 is 0. The van der Waals surface area contributed by atoms with E-state index < -0.39 is 36.4 Å². The molecule has 0 aromatic heterocycles. The fraction of sp³-hybridized carbons (Fsp3) is 0.727. The first-order valence-corrected chi connectivity index (χ1v) is 15.7. The number of aliphatic hydroxyl groups excluding tert-OH is 3. The summed E-state index contributed by atoms with van der Waals surface area (Å²) in [4.78, 5) is 43.8. The monoisotopic (exact) mass is 606 g/mol. The van der Waals surface area contributed by atoms with Crippen LogP contribution in [0, 0.1) is 11.8 Å². The molecule has 2 amide bonds. The second kappa shape index (κ2) is 19.0. The first-order chi connectivity index (χ1) is 20.1. The molecule has 0 fully saturated rings. The lowest BCUT2D eigenvalue weighted by Crippen LogP contribution is -2.58. The third-order valence-corrected chi connectivity index (χ3v) is 8.39. The Morgan fingerprint density at radius 3 is 1.91 bits per heavy atom. The predicted octanol–water partition coefficient (Wildman–Crippen LogP) is 2.77. The summed E-state index contributed by atoms with van der Waals surface area (Å²) in [5, 5.41) is 33.3. The molecule has 1 aromatic carbocycles. The largest absolute Gasteiger partial charge is 0.399 e. The normalized spacial score (nSPS) is 17.2. The van der Waals surface area contributed by atoms with Gasteiger partial charge in [0.25, 0.3) is 0 Å². The molecule has 43 heavy (non-hydrogen) atoms. The Labute approximate surface area is 259 Å². The zero-order valence-corrected chi connectivity index (χ0v) is 27.6. The van der Waals surface area contributed by atoms with Gasteiger partial charge in [-0.1, -0.05) is 38.8 Å². The van der Waals surface area contributed by atoms with Crippen LogP contribution in [0.25, 0.3) is 0 Å². The molecule has 0 saturated heterocycles. The van der Waals surface area contributed by atoms with Crippen LogP contribution >= 0.6 is 0 Å². The highest BCUT2D eigenvalue weighted by molar-refractivity contribution is 5.93. The molecule has 10 nitrogen and oxygen atoms in total. The van der Waals surface area contributed by atoms with E-state index in [2.05, 4.69) is 5.32 Å². The van der Waals surface area contributed by atoms with Gasteiger partial charge in [-0.2, -0.15) is 0 Å². The van der Waals surface area contributed by atoms with Crippen LogP contribution < -0.4 is 11.1 Å². The second-order valence-electron chi connectivity index (χ2n) is 12.6. The van der Waals surface area contributed by atoms with E-state index >= 15 is 0 Å². The number of benzene rings is 1.